The molecule has 0 aliphatic heterocycles. The minimum atomic E-state index is -0.157. The van der Waals surface area contributed by atoms with Gasteiger partial charge in [-0.3, -0.25) is 14.5 Å². The topological polar surface area (TPSA) is 53.5 Å². The molecule has 3 aromatic carbocycles. The Kier molecular flexibility index (Phi) is 6.65. The fourth-order valence-electron chi connectivity index (χ4n) is 3.26. The third kappa shape index (κ3) is 4.88. The monoisotopic (exact) mass is 463 g/mol. The van der Waals surface area contributed by atoms with Crippen molar-refractivity contribution in [1.29, 1.82) is 0 Å². The minimum absolute atomic E-state index is 0.0721. The molecule has 5 nitrogen and oxygen atoms in total. The summed E-state index contributed by atoms with van der Waals surface area (Å²) in [6.45, 7) is 1.18. The van der Waals surface area contributed by atoms with E-state index in [1.807, 2.05) is 49.3 Å². The van der Waals surface area contributed by atoms with Gasteiger partial charge in [-0.25, -0.2) is 4.98 Å². The second-order valence-electron chi connectivity index (χ2n) is 7.64. The Morgan fingerprint density at radius 1 is 0.875 bits per heavy atom. The number of hydrogen-bond acceptors (Lipinski definition) is 5. The van der Waals surface area contributed by atoms with Crippen LogP contribution >= 0.6 is 22.9 Å². The number of thiazole rings is 1. The third-order valence-electron chi connectivity index (χ3n) is 5.02. The first kappa shape index (κ1) is 22.1. The molecule has 0 radical (unpaired) electrons. The van der Waals surface area contributed by atoms with E-state index in [9.17, 15) is 9.59 Å². The highest BCUT2D eigenvalue weighted by molar-refractivity contribution is 7.22. The number of rotatable bonds is 7. The van der Waals surface area contributed by atoms with Crippen molar-refractivity contribution in [3.05, 3.63) is 94.5 Å². The zero-order chi connectivity index (χ0) is 22.7. The highest BCUT2D eigenvalue weighted by atomic mass is 35.5. The molecule has 4 rings (SSSR count). The molecular formula is C25H22ClN3O2S. The normalized spacial score (nSPS) is 11.1. The lowest BCUT2D eigenvalue weighted by molar-refractivity contribution is 0.0982. The first-order valence-corrected chi connectivity index (χ1v) is 11.3. The average Bonchev–Trinajstić information content (AvgIpc) is 3.22. The Hall–Kier alpha value is -3.06. The molecule has 1 amide bonds. The molecule has 0 bridgehead atoms. The Morgan fingerprint density at radius 3 is 2.22 bits per heavy atom. The number of nitrogens with zero attached hydrogens (tertiary/aromatic N) is 3. The van der Waals surface area contributed by atoms with Gasteiger partial charge in [0.25, 0.3) is 5.91 Å². The predicted octanol–water partition coefficient (Wildman–Crippen LogP) is 5.39. The number of carbonyl (C=O) groups excluding carboxylic acids is 2. The van der Waals surface area contributed by atoms with E-state index < -0.39 is 0 Å². The van der Waals surface area contributed by atoms with Crippen LogP contribution in [0.1, 0.15) is 26.3 Å². The van der Waals surface area contributed by atoms with Crippen molar-refractivity contribution in [2.24, 2.45) is 0 Å². The summed E-state index contributed by atoms with van der Waals surface area (Å²) in [5, 5.41) is 1.26. The SMILES string of the molecule is CN(C)CCN(C(=O)c1ccc(C(=O)c2ccccc2)cc1)c1nc2ccc(Cl)cc2s1. The van der Waals surface area contributed by atoms with Gasteiger partial charge in [0.05, 0.1) is 10.2 Å². The highest BCUT2D eigenvalue weighted by Gasteiger charge is 2.22. The Labute approximate surface area is 195 Å². The maximum absolute atomic E-state index is 13.4. The van der Waals surface area contributed by atoms with Crippen LogP contribution in [-0.4, -0.2) is 48.8 Å². The molecule has 7 heteroatoms. The number of benzene rings is 3. The maximum Gasteiger partial charge on any atom is 0.260 e. The van der Waals surface area contributed by atoms with Crippen LogP contribution in [0.25, 0.3) is 10.2 Å². The number of fused-ring (bicyclic) bond motifs is 1. The molecule has 4 aromatic rings. The van der Waals surface area contributed by atoms with Crippen LogP contribution in [0.3, 0.4) is 0 Å². The van der Waals surface area contributed by atoms with E-state index in [4.69, 9.17) is 11.6 Å². The van der Waals surface area contributed by atoms with E-state index in [-0.39, 0.29) is 11.7 Å². The average molecular weight is 464 g/mol. The van der Waals surface area contributed by atoms with E-state index in [2.05, 4.69) is 4.98 Å². The molecule has 1 aromatic heterocycles. The van der Waals surface area contributed by atoms with Crippen molar-refractivity contribution in [2.75, 3.05) is 32.1 Å². The summed E-state index contributed by atoms with van der Waals surface area (Å²) in [6.07, 6.45) is 0. The minimum Gasteiger partial charge on any atom is -0.308 e. The second-order valence-corrected chi connectivity index (χ2v) is 9.09. The third-order valence-corrected chi connectivity index (χ3v) is 6.29. The van der Waals surface area contributed by atoms with Gasteiger partial charge in [0.2, 0.25) is 0 Å². The highest BCUT2D eigenvalue weighted by Crippen LogP contribution is 2.31. The fraction of sp³-hybridized carbons (Fsp3) is 0.160. The summed E-state index contributed by atoms with van der Waals surface area (Å²) in [5.74, 6) is -0.229. The molecule has 0 aliphatic carbocycles. The Bertz CT molecular complexity index is 1250. The summed E-state index contributed by atoms with van der Waals surface area (Å²) >= 11 is 7.55. The molecule has 0 N–H and O–H groups in total. The van der Waals surface area contributed by atoms with E-state index in [0.717, 1.165) is 10.2 Å². The lowest BCUT2D eigenvalue weighted by Gasteiger charge is -2.22. The van der Waals surface area contributed by atoms with Gasteiger partial charge in [-0.15, -0.1) is 0 Å². The quantitative estimate of drug-likeness (QED) is 0.345. The molecule has 0 atom stereocenters. The van der Waals surface area contributed by atoms with Crippen LogP contribution in [-0.2, 0) is 0 Å². The number of anilines is 1. The van der Waals surface area contributed by atoms with Crippen LogP contribution in [0.15, 0.2) is 72.8 Å². The van der Waals surface area contributed by atoms with Gasteiger partial charge in [-0.1, -0.05) is 65.4 Å². The van der Waals surface area contributed by atoms with Gasteiger partial charge in [0, 0.05) is 34.8 Å². The summed E-state index contributed by atoms with van der Waals surface area (Å²) in [7, 11) is 3.93. The number of amides is 1. The van der Waals surface area contributed by atoms with Crippen molar-refractivity contribution in [1.82, 2.24) is 9.88 Å². The van der Waals surface area contributed by atoms with Crippen molar-refractivity contribution in [3.63, 3.8) is 0 Å². The van der Waals surface area contributed by atoms with Gasteiger partial charge in [-0.05, 0) is 44.4 Å². The molecule has 0 saturated heterocycles. The fourth-order valence-corrected chi connectivity index (χ4v) is 4.53. The summed E-state index contributed by atoms with van der Waals surface area (Å²) in [6, 6.07) is 21.4. The summed E-state index contributed by atoms with van der Waals surface area (Å²) in [5.41, 5.74) is 2.47. The number of aromatic nitrogens is 1. The lowest BCUT2D eigenvalue weighted by Crippen LogP contribution is -2.36. The lowest BCUT2D eigenvalue weighted by atomic mass is 10.0. The van der Waals surface area contributed by atoms with E-state index in [0.29, 0.717) is 39.9 Å². The Morgan fingerprint density at radius 2 is 1.53 bits per heavy atom. The molecule has 0 saturated carbocycles. The second kappa shape index (κ2) is 9.61. The first-order chi connectivity index (χ1) is 15.4. The Balaban J connectivity index is 1.62. The number of halogens is 1. The molecular weight excluding hydrogens is 442 g/mol. The van der Waals surface area contributed by atoms with Gasteiger partial charge in [0.15, 0.2) is 10.9 Å². The van der Waals surface area contributed by atoms with Crippen molar-refractivity contribution in [3.8, 4) is 0 Å². The van der Waals surface area contributed by atoms with Gasteiger partial charge >= 0.3 is 0 Å². The maximum atomic E-state index is 13.4. The van der Waals surface area contributed by atoms with E-state index in [1.54, 1.807) is 47.4 Å². The summed E-state index contributed by atoms with van der Waals surface area (Å²) < 4.78 is 0.930. The molecule has 0 fully saturated rings. The van der Waals surface area contributed by atoms with Crippen LogP contribution in [0.5, 0.6) is 0 Å². The van der Waals surface area contributed by atoms with Crippen molar-refractivity contribution in [2.45, 2.75) is 0 Å². The van der Waals surface area contributed by atoms with E-state index >= 15 is 0 Å². The number of carbonyl (C=O) groups is 2. The zero-order valence-corrected chi connectivity index (χ0v) is 19.4. The number of ketones is 1. The zero-order valence-electron chi connectivity index (χ0n) is 17.8. The van der Waals surface area contributed by atoms with Crippen molar-refractivity contribution < 1.29 is 9.59 Å². The molecule has 0 aliphatic rings. The standard InChI is InChI=1S/C25H22ClN3O2S/c1-28(2)14-15-29(25-27-21-13-12-20(26)16-22(21)32-25)24(31)19-10-8-18(9-11-19)23(30)17-6-4-3-5-7-17/h3-13,16H,14-15H2,1-2H3. The van der Waals surface area contributed by atoms with Crippen LogP contribution in [0.2, 0.25) is 5.02 Å². The number of likely N-dealkylation sites (N-methyl/N-ethyl adjacent to an activating group) is 1. The predicted molar refractivity (Wildman–Crippen MR) is 131 cm³/mol. The molecule has 162 valence electrons. The molecule has 0 unspecified atom stereocenters. The molecule has 1 heterocycles. The summed E-state index contributed by atoms with van der Waals surface area (Å²) in [4.78, 5) is 34.4. The van der Waals surface area contributed by atoms with Crippen LogP contribution < -0.4 is 4.90 Å². The number of hydrogen-bond donors (Lipinski definition) is 0. The molecule has 32 heavy (non-hydrogen) atoms. The molecule has 0 spiro atoms. The first-order valence-electron chi connectivity index (χ1n) is 10.1. The van der Waals surface area contributed by atoms with Gasteiger partial charge in [-0.2, -0.15) is 0 Å². The van der Waals surface area contributed by atoms with Crippen LogP contribution in [0, 0.1) is 0 Å². The van der Waals surface area contributed by atoms with E-state index in [1.165, 1.54) is 11.3 Å². The largest absolute Gasteiger partial charge is 0.308 e. The van der Waals surface area contributed by atoms with Crippen LogP contribution in [0.4, 0.5) is 5.13 Å². The smallest absolute Gasteiger partial charge is 0.260 e. The van der Waals surface area contributed by atoms with Gasteiger partial charge < -0.3 is 4.90 Å². The van der Waals surface area contributed by atoms with Gasteiger partial charge in [0.1, 0.15) is 0 Å². The van der Waals surface area contributed by atoms with Crippen molar-refractivity contribution >= 4 is 50.0 Å².